The van der Waals surface area contributed by atoms with Gasteiger partial charge in [0.05, 0.1) is 13.7 Å². The highest BCUT2D eigenvalue weighted by Crippen LogP contribution is 2.31. The molecule has 0 saturated carbocycles. The molecule has 1 unspecified atom stereocenters. The first-order valence-corrected chi connectivity index (χ1v) is 7.50. The Kier molecular flexibility index (Phi) is 4.13. The maximum atomic E-state index is 5.89. The van der Waals surface area contributed by atoms with Crippen LogP contribution in [0.25, 0.3) is 0 Å². The summed E-state index contributed by atoms with van der Waals surface area (Å²) in [5.74, 6) is 3.89. The molecule has 116 valence electrons. The lowest BCUT2D eigenvalue weighted by molar-refractivity contribution is 0.218. The van der Waals surface area contributed by atoms with E-state index in [1.807, 2.05) is 32.2 Å². The molecular formula is C17H21N3O2. The fourth-order valence-electron chi connectivity index (χ4n) is 2.78. The summed E-state index contributed by atoms with van der Waals surface area (Å²) in [6, 6.07) is 7.96. The topological polar surface area (TPSA) is 56.3 Å². The fraction of sp³-hybridized carbons (Fsp3) is 0.412. The lowest BCUT2D eigenvalue weighted by atomic mass is 9.93. The Morgan fingerprint density at radius 1 is 1.32 bits per heavy atom. The maximum Gasteiger partial charge on any atom is 0.131 e. The first kappa shape index (κ1) is 14.6. The second-order valence-corrected chi connectivity index (χ2v) is 5.62. The summed E-state index contributed by atoms with van der Waals surface area (Å²) in [6.07, 6.45) is 1.80. The van der Waals surface area contributed by atoms with Gasteiger partial charge in [-0.25, -0.2) is 9.97 Å². The fourth-order valence-corrected chi connectivity index (χ4v) is 2.78. The number of aryl methyl sites for hydroxylation is 1. The molecule has 2 heterocycles. The van der Waals surface area contributed by atoms with Gasteiger partial charge < -0.3 is 14.8 Å². The Morgan fingerprint density at radius 3 is 2.95 bits per heavy atom. The van der Waals surface area contributed by atoms with Crippen LogP contribution < -0.4 is 14.8 Å². The monoisotopic (exact) mass is 299 g/mol. The third-order valence-electron chi connectivity index (χ3n) is 3.89. The normalized spacial score (nSPS) is 16.6. The molecule has 2 aromatic rings. The van der Waals surface area contributed by atoms with Crippen LogP contribution in [0.3, 0.4) is 0 Å². The van der Waals surface area contributed by atoms with E-state index in [2.05, 4.69) is 21.4 Å². The van der Waals surface area contributed by atoms with Crippen LogP contribution in [0.2, 0.25) is 0 Å². The quantitative estimate of drug-likeness (QED) is 0.940. The minimum Gasteiger partial charge on any atom is -0.497 e. The minimum absolute atomic E-state index is 0.396. The van der Waals surface area contributed by atoms with E-state index in [0.29, 0.717) is 12.5 Å². The molecule has 0 amide bonds. The van der Waals surface area contributed by atoms with Crippen LogP contribution in [0, 0.1) is 12.8 Å². The minimum atomic E-state index is 0.396. The summed E-state index contributed by atoms with van der Waals surface area (Å²) >= 11 is 0. The van der Waals surface area contributed by atoms with Gasteiger partial charge in [0.25, 0.3) is 0 Å². The Bertz CT molecular complexity index is 673. The van der Waals surface area contributed by atoms with Crippen molar-refractivity contribution in [2.24, 2.45) is 5.92 Å². The van der Waals surface area contributed by atoms with E-state index in [-0.39, 0.29) is 0 Å². The molecule has 1 aliphatic rings. The molecule has 0 saturated heterocycles. The molecule has 5 heteroatoms. The molecule has 1 aromatic carbocycles. The third-order valence-corrected chi connectivity index (χ3v) is 3.89. The van der Waals surface area contributed by atoms with Crippen molar-refractivity contribution in [3.05, 3.63) is 41.3 Å². The van der Waals surface area contributed by atoms with Gasteiger partial charge in [-0.15, -0.1) is 0 Å². The SMILES string of the molecule is CNc1cc(C)nc(CC2COc3cc(OC)ccc3C2)n1. The molecule has 3 rings (SSSR count). The summed E-state index contributed by atoms with van der Waals surface area (Å²) < 4.78 is 11.1. The van der Waals surface area contributed by atoms with E-state index in [9.17, 15) is 0 Å². The van der Waals surface area contributed by atoms with E-state index < -0.39 is 0 Å². The predicted octanol–water partition coefficient (Wildman–Crippen LogP) is 2.63. The second kappa shape index (κ2) is 6.22. The van der Waals surface area contributed by atoms with Gasteiger partial charge in [-0.1, -0.05) is 6.07 Å². The molecule has 1 aromatic heterocycles. The van der Waals surface area contributed by atoms with Crippen LogP contribution in [0.4, 0.5) is 5.82 Å². The number of aromatic nitrogens is 2. The number of nitrogens with zero attached hydrogens (tertiary/aromatic N) is 2. The van der Waals surface area contributed by atoms with Crippen molar-refractivity contribution >= 4 is 5.82 Å². The zero-order chi connectivity index (χ0) is 15.5. The summed E-state index contributed by atoms with van der Waals surface area (Å²) in [7, 11) is 3.54. The lowest BCUT2D eigenvalue weighted by Crippen LogP contribution is -2.23. The highest BCUT2D eigenvalue weighted by Gasteiger charge is 2.22. The first-order chi connectivity index (χ1) is 10.7. The number of methoxy groups -OCH3 is 1. The Labute approximate surface area is 130 Å². The highest BCUT2D eigenvalue weighted by atomic mass is 16.5. The largest absolute Gasteiger partial charge is 0.497 e. The van der Waals surface area contributed by atoms with E-state index in [1.165, 1.54) is 5.56 Å². The molecule has 0 radical (unpaired) electrons. The summed E-state index contributed by atoms with van der Waals surface area (Å²) in [5.41, 5.74) is 2.20. The number of benzene rings is 1. The molecular weight excluding hydrogens is 278 g/mol. The summed E-state index contributed by atoms with van der Waals surface area (Å²) in [6.45, 7) is 2.68. The van der Waals surface area contributed by atoms with Crippen molar-refractivity contribution in [2.45, 2.75) is 19.8 Å². The number of rotatable bonds is 4. The summed E-state index contributed by atoms with van der Waals surface area (Å²) in [4.78, 5) is 9.06. The van der Waals surface area contributed by atoms with Crippen LogP contribution in [-0.2, 0) is 12.8 Å². The maximum absolute atomic E-state index is 5.89. The van der Waals surface area contributed by atoms with Gasteiger partial charge in [0.2, 0.25) is 0 Å². The summed E-state index contributed by atoms with van der Waals surface area (Å²) in [5, 5.41) is 3.08. The zero-order valence-corrected chi connectivity index (χ0v) is 13.2. The van der Waals surface area contributed by atoms with Gasteiger partial charge in [-0.3, -0.25) is 0 Å². The van der Waals surface area contributed by atoms with E-state index in [0.717, 1.165) is 41.7 Å². The number of nitrogens with one attached hydrogen (secondary N) is 1. The first-order valence-electron chi connectivity index (χ1n) is 7.50. The van der Waals surface area contributed by atoms with Crippen molar-refractivity contribution in [3.63, 3.8) is 0 Å². The molecule has 5 nitrogen and oxygen atoms in total. The molecule has 1 atom stereocenters. The second-order valence-electron chi connectivity index (χ2n) is 5.62. The van der Waals surface area contributed by atoms with Crippen molar-refractivity contribution in [3.8, 4) is 11.5 Å². The lowest BCUT2D eigenvalue weighted by Gasteiger charge is -2.25. The predicted molar refractivity (Wildman–Crippen MR) is 85.7 cm³/mol. The van der Waals surface area contributed by atoms with E-state index in [1.54, 1.807) is 7.11 Å². The number of anilines is 1. The Morgan fingerprint density at radius 2 is 2.18 bits per heavy atom. The number of hydrogen-bond acceptors (Lipinski definition) is 5. The van der Waals surface area contributed by atoms with Crippen LogP contribution in [0.15, 0.2) is 24.3 Å². The molecule has 0 fully saturated rings. The van der Waals surface area contributed by atoms with Gasteiger partial charge in [0.1, 0.15) is 23.1 Å². The van der Waals surface area contributed by atoms with E-state index >= 15 is 0 Å². The average molecular weight is 299 g/mol. The van der Waals surface area contributed by atoms with Gasteiger partial charge in [-0.05, 0) is 25.0 Å². The Balaban J connectivity index is 1.74. The van der Waals surface area contributed by atoms with Gasteiger partial charge in [0.15, 0.2) is 0 Å². The van der Waals surface area contributed by atoms with Crippen molar-refractivity contribution in [2.75, 3.05) is 26.1 Å². The van der Waals surface area contributed by atoms with Gasteiger partial charge >= 0.3 is 0 Å². The molecule has 1 N–H and O–H groups in total. The van der Waals surface area contributed by atoms with Crippen molar-refractivity contribution < 1.29 is 9.47 Å². The van der Waals surface area contributed by atoms with E-state index in [4.69, 9.17) is 9.47 Å². The van der Waals surface area contributed by atoms with Crippen LogP contribution in [0.5, 0.6) is 11.5 Å². The van der Waals surface area contributed by atoms with Crippen molar-refractivity contribution in [1.82, 2.24) is 9.97 Å². The van der Waals surface area contributed by atoms with Gasteiger partial charge in [-0.2, -0.15) is 0 Å². The molecule has 1 aliphatic heterocycles. The average Bonchev–Trinajstić information content (AvgIpc) is 2.53. The standard InChI is InChI=1S/C17H21N3O2/c1-11-6-16(18-2)20-17(19-11)8-12-7-13-4-5-14(21-3)9-15(13)22-10-12/h4-6,9,12H,7-8,10H2,1-3H3,(H,18,19,20). The molecule has 0 spiro atoms. The number of fused-ring (bicyclic) bond motifs is 1. The molecule has 0 aliphatic carbocycles. The smallest absolute Gasteiger partial charge is 0.131 e. The highest BCUT2D eigenvalue weighted by molar-refractivity contribution is 5.42. The molecule has 0 bridgehead atoms. The zero-order valence-electron chi connectivity index (χ0n) is 13.2. The van der Waals surface area contributed by atoms with Crippen LogP contribution in [-0.4, -0.2) is 30.7 Å². The van der Waals surface area contributed by atoms with Crippen LogP contribution in [0.1, 0.15) is 17.1 Å². The van der Waals surface area contributed by atoms with Gasteiger partial charge in [0, 0.05) is 37.2 Å². The number of ether oxygens (including phenoxy) is 2. The van der Waals surface area contributed by atoms with Crippen molar-refractivity contribution in [1.29, 1.82) is 0 Å². The Hall–Kier alpha value is -2.30. The molecule has 22 heavy (non-hydrogen) atoms. The number of hydrogen-bond donors (Lipinski definition) is 1. The third kappa shape index (κ3) is 3.13. The van der Waals surface area contributed by atoms with Crippen LogP contribution >= 0.6 is 0 Å².